The van der Waals surface area contributed by atoms with Gasteiger partial charge in [-0.05, 0) is 7.05 Å². The van der Waals surface area contributed by atoms with Crippen LogP contribution in [0, 0.1) is 5.41 Å². The smallest absolute Gasteiger partial charge is 0.327 e. The van der Waals surface area contributed by atoms with Gasteiger partial charge in [0.1, 0.15) is 6.10 Å². The first-order chi connectivity index (χ1) is 8.20. The molecule has 0 radical (unpaired) electrons. The van der Waals surface area contributed by atoms with E-state index in [2.05, 4.69) is 5.32 Å². The van der Waals surface area contributed by atoms with Crippen LogP contribution in [0.5, 0.6) is 0 Å². The summed E-state index contributed by atoms with van der Waals surface area (Å²) in [7, 11) is 1.45. The largest absolute Gasteiger partial charge is 0.373 e. The van der Waals surface area contributed by atoms with Gasteiger partial charge in [0, 0.05) is 26.3 Å². The summed E-state index contributed by atoms with van der Waals surface area (Å²) in [6.07, 6.45) is -0.623. The van der Waals surface area contributed by atoms with Crippen LogP contribution in [0.2, 0.25) is 0 Å². The lowest BCUT2D eigenvalue weighted by Gasteiger charge is -2.32. The van der Waals surface area contributed by atoms with Gasteiger partial charge < -0.3 is 19.1 Å². The molecule has 7 heteroatoms. The molecule has 1 N–H and O–H groups in total. The van der Waals surface area contributed by atoms with Crippen LogP contribution in [0.15, 0.2) is 0 Å². The van der Waals surface area contributed by atoms with Crippen LogP contribution in [0.25, 0.3) is 0 Å². The molecule has 1 unspecified atom stereocenters. The Balaban J connectivity index is 4.67. The van der Waals surface area contributed by atoms with E-state index in [0.29, 0.717) is 0 Å². The van der Waals surface area contributed by atoms with Crippen molar-refractivity contribution in [1.29, 1.82) is 0 Å². The van der Waals surface area contributed by atoms with E-state index in [4.69, 9.17) is 13.8 Å². The minimum Gasteiger partial charge on any atom is -0.373 e. The maximum Gasteiger partial charge on any atom is 0.327 e. The minimum atomic E-state index is -3.05. The molecule has 2 atom stereocenters. The van der Waals surface area contributed by atoms with E-state index >= 15 is 0 Å². The van der Waals surface area contributed by atoms with Crippen LogP contribution in [0.1, 0.15) is 13.8 Å². The van der Waals surface area contributed by atoms with Crippen molar-refractivity contribution in [3.05, 3.63) is 0 Å². The van der Waals surface area contributed by atoms with E-state index in [1.54, 1.807) is 7.05 Å². The SMILES string of the molecule is CNCC(=O)[C@H](OC)C(C)(C)COP(C)(=O)OC. The molecule has 6 nitrogen and oxygen atoms in total. The molecule has 0 heterocycles. The van der Waals surface area contributed by atoms with Gasteiger partial charge in [0.25, 0.3) is 0 Å². The molecule has 0 spiro atoms. The topological polar surface area (TPSA) is 73.9 Å². The number of nitrogens with one attached hydrogen (secondary N) is 1. The summed E-state index contributed by atoms with van der Waals surface area (Å²) in [5.74, 6) is -0.0723. The standard InChI is InChI=1S/C11H24NO5P/c1-11(2,8-17-18(6,14)16-5)10(15-4)9(13)7-12-3/h10,12H,7-8H2,1-6H3/t10-,18?/m0/s1. The van der Waals surface area contributed by atoms with E-state index in [-0.39, 0.29) is 18.9 Å². The zero-order valence-corrected chi connectivity index (χ0v) is 12.9. The molecule has 0 amide bonds. The third kappa shape index (κ3) is 5.59. The maximum atomic E-state index is 11.9. The van der Waals surface area contributed by atoms with Gasteiger partial charge in [0.05, 0.1) is 13.2 Å². The Bertz CT molecular complexity index is 319. The van der Waals surface area contributed by atoms with Gasteiger partial charge in [-0.2, -0.15) is 0 Å². The van der Waals surface area contributed by atoms with Gasteiger partial charge in [-0.15, -0.1) is 0 Å². The summed E-state index contributed by atoms with van der Waals surface area (Å²) in [5, 5.41) is 2.79. The van der Waals surface area contributed by atoms with Gasteiger partial charge in [-0.25, -0.2) is 0 Å². The third-order valence-corrected chi connectivity index (χ3v) is 3.85. The molecule has 18 heavy (non-hydrogen) atoms. The molecule has 0 saturated carbocycles. The van der Waals surface area contributed by atoms with Crippen molar-refractivity contribution in [2.45, 2.75) is 20.0 Å². The number of carbonyl (C=O) groups excluding carboxylic acids is 1. The normalized spacial score (nSPS) is 17.2. The van der Waals surface area contributed by atoms with E-state index in [1.807, 2.05) is 13.8 Å². The molecular weight excluding hydrogens is 257 g/mol. The number of methoxy groups -OCH3 is 1. The molecule has 0 aromatic heterocycles. The van der Waals surface area contributed by atoms with Crippen molar-refractivity contribution in [2.24, 2.45) is 5.41 Å². The summed E-state index contributed by atoms with van der Waals surface area (Å²) >= 11 is 0. The van der Waals surface area contributed by atoms with Crippen molar-refractivity contribution < 1.29 is 23.1 Å². The van der Waals surface area contributed by atoms with Crippen LogP contribution >= 0.6 is 7.60 Å². The van der Waals surface area contributed by atoms with Crippen LogP contribution in [0.4, 0.5) is 0 Å². The molecule has 108 valence electrons. The molecule has 0 aliphatic heterocycles. The first kappa shape index (κ1) is 17.7. The Morgan fingerprint density at radius 1 is 1.39 bits per heavy atom. The van der Waals surface area contributed by atoms with Crippen LogP contribution < -0.4 is 5.32 Å². The summed E-state index contributed by atoms with van der Waals surface area (Å²) in [5.41, 5.74) is -0.590. The summed E-state index contributed by atoms with van der Waals surface area (Å²) in [6, 6.07) is 0. The highest BCUT2D eigenvalue weighted by molar-refractivity contribution is 7.52. The Hall–Kier alpha value is -0.260. The Labute approximate surface area is 109 Å². The molecule has 0 aromatic carbocycles. The number of Topliss-reactive ketones (excluding diaryl/α,β-unsaturated/α-hetero) is 1. The molecule has 0 aliphatic carbocycles. The van der Waals surface area contributed by atoms with Crippen molar-refractivity contribution in [3.8, 4) is 0 Å². The van der Waals surface area contributed by atoms with E-state index in [0.717, 1.165) is 0 Å². The first-order valence-electron chi connectivity index (χ1n) is 5.68. The number of ketones is 1. The minimum absolute atomic E-state index is 0.0723. The molecule has 0 saturated heterocycles. The molecule has 0 aliphatic rings. The monoisotopic (exact) mass is 281 g/mol. The summed E-state index contributed by atoms with van der Waals surface area (Å²) < 4.78 is 26.9. The highest BCUT2D eigenvalue weighted by Crippen LogP contribution is 2.44. The average Bonchev–Trinajstić information content (AvgIpc) is 2.28. The lowest BCUT2D eigenvalue weighted by Crippen LogP contribution is -2.44. The number of ether oxygens (including phenoxy) is 1. The van der Waals surface area contributed by atoms with Gasteiger partial charge in [-0.1, -0.05) is 13.8 Å². The number of likely N-dealkylation sites (N-methyl/N-ethyl adjacent to an activating group) is 1. The van der Waals surface area contributed by atoms with Crippen molar-refractivity contribution in [2.75, 3.05) is 41.1 Å². The van der Waals surface area contributed by atoms with Crippen molar-refractivity contribution in [3.63, 3.8) is 0 Å². The van der Waals surface area contributed by atoms with Crippen LogP contribution in [-0.2, 0) is 23.1 Å². The number of rotatable bonds is 9. The quantitative estimate of drug-likeness (QED) is 0.642. The third-order valence-electron chi connectivity index (χ3n) is 2.59. The predicted molar refractivity (Wildman–Crippen MR) is 70.0 cm³/mol. The van der Waals surface area contributed by atoms with E-state index < -0.39 is 19.1 Å². The Morgan fingerprint density at radius 3 is 2.33 bits per heavy atom. The predicted octanol–water partition coefficient (Wildman–Crippen LogP) is 1.30. The summed E-state index contributed by atoms with van der Waals surface area (Å²) in [4.78, 5) is 11.9. The second kappa shape index (κ2) is 7.36. The average molecular weight is 281 g/mol. The lowest BCUT2D eigenvalue weighted by atomic mass is 9.85. The highest BCUT2D eigenvalue weighted by atomic mass is 31.2. The number of hydrogen-bond acceptors (Lipinski definition) is 6. The van der Waals surface area contributed by atoms with Crippen molar-refractivity contribution >= 4 is 13.4 Å². The lowest BCUT2D eigenvalue weighted by molar-refractivity contribution is -0.136. The van der Waals surface area contributed by atoms with Crippen LogP contribution in [0.3, 0.4) is 0 Å². The van der Waals surface area contributed by atoms with Crippen molar-refractivity contribution in [1.82, 2.24) is 5.32 Å². The van der Waals surface area contributed by atoms with Gasteiger partial charge in [0.15, 0.2) is 5.78 Å². The Morgan fingerprint density at radius 2 is 1.94 bits per heavy atom. The van der Waals surface area contributed by atoms with Gasteiger partial charge in [-0.3, -0.25) is 9.36 Å². The zero-order chi connectivity index (χ0) is 14.4. The fourth-order valence-electron chi connectivity index (χ4n) is 1.57. The maximum absolute atomic E-state index is 11.9. The fourth-order valence-corrected chi connectivity index (χ4v) is 2.24. The van der Waals surface area contributed by atoms with Gasteiger partial charge in [0.2, 0.25) is 0 Å². The van der Waals surface area contributed by atoms with Crippen LogP contribution in [-0.4, -0.2) is 53.0 Å². The summed E-state index contributed by atoms with van der Waals surface area (Å²) in [6.45, 7) is 5.37. The van der Waals surface area contributed by atoms with Gasteiger partial charge >= 0.3 is 7.60 Å². The molecule has 0 bridgehead atoms. The number of carbonyl (C=O) groups is 1. The van der Waals surface area contributed by atoms with E-state index in [1.165, 1.54) is 20.9 Å². The number of hydrogen-bond donors (Lipinski definition) is 1. The Kier molecular flexibility index (Phi) is 7.25. The second-order valence-electron chi connectivity index (χ2n) is 4.83. The second-order valence-corrected chi connectivity index (χ2v) is 6.99. The zero-order valence-electron chi connectivity index (χ0n) is 12.0. The first-order valence-corrected chi connectivity index (χ1v) is 7.67. The molecule has 0 fully saturated rings. The highest BCUT2D eigenvalue weighted by Gasteiger charge is 2.36. The van der Waals surface area contributed by atoms with E-state index in [9.17, 15) is 9.36 Å². The fraction of sp³-hybridized carbons (Fsp3) is 0.909. The molecule has 0 rings (SSSR count). The molecular formula is C11H24NO5P. The molecule has 0 aromatic rings.